The number of nitrogens with zero attached hydrogens (tertiary/aromatic N) is 2. The van der Waals surface area contributed by atoms with Crippen molar-refractivity contribution >= 4 is 5.97 Å². The van der Waals surface area contributed by atoms with E-state index in [0.29, 0.717) is 12.3 Å². The molecule has 5 heteroatoms. The van der Waals surface area contributed by atoms with Crippen molar-refractivity contribution in [2.45, 2.75) is 27.2 Å². The standard InChI is InChI=1S/C8H12N2O3/c1-8(2,3)4-5-9-10-6(13-5)7(11)12/h4H2,1-3H3,(H,11,12). The molecule has 0 saturated heterocycles. The number of carboxylic acid groups (broad SMARTS) is 1. The maximum atomic E-state index is 10.4. The molecule has 13 heavy (non-hydrogen) atoms. The Hall–Kier alpha value is -1.39. The van der Waals surface area contributed by atoms with Crippen molar-refractivity contribution < 1.29 is 14.3 Å². The van der Waals surface area contributed by atoms with Gasteiger partial charge in [-0.05, 0) is 5.41 Å². The molecular weight excluding hydrogens is 172 g/mol. The van der Waals surface area contributed by atoms with E-state index in [9.17, 15) is 4.79 Å². The van der Waals surface area contributed by atoms with E-state index >= 15 is 0 Å². The lowest BCUT2D eigenvalue weighted by molar-refractivity contribution is 0.0650. The predicted octanol–water partition coefficient (Wildman–Crippen LogP) is 1.36. The summed E-state index contributed by atoms with van der Waals surface area (Å²) in [5.41, 5.74) is 0.0162. The maximum Gasteiger partial charge on any atom is 0.393 e. The zero-order valence-electron chi connectivity index (χ0n) is 7.87. The molecule has 72 valence electrons. The van der Waals surface area contributed by atoms with Crippen molar-refractivity contribution in [1.82, 2.24) is 10.2 Å². The Morgan fingerprint density at radius 2 is 2.08 bits per heavy atom. The fourth-order valence-electron chi connectivity index (χ4n) is 0.865. The van der Waals surface area contributed by atoms with Gasteiger partial charge in [0.1, 0.15) is 0 Å². The van der Waals surface area contributed by atoms with Crippen LogP contribution < -0.4 is 0 Å². The van der Waals surface area contributed by atoms with Gasteiger partial charge < -0.3 is 9.52 Å². The van der Waals surface area contributed by atoms with Gasteiger partial charge in [-0.3, -0.25) is 0 Å². The molecule has 0 atom stereocenters. The van der Waals surface area contributed by atoms with Crippen molar-refractivity contribution in [1.29, 1.82) is 0 Å². The third-order valence-corrected chi connectivity index (χ3v) is 1.33. The van der Waals surface area contributed by atoms with E-state index in [4.69, 9.17) is 9.52 Å². The Labute approximate surface area is 75.8 Å². The zero-order valence-corrected chi connectivity index (χ0v) is 7.87. The lowest BCUT2D eigenvalue weighted by Crippen LogP contribution is -2.09. The molecule has 0 amide bonds. The van der Waals surface area contributed by atoms with Gasteiger partial charge in [0.25, 0.3) is 0 Å². The first-order valence-electron chi connectivity index (χ1n) is 3.94. The van der Waals surface area contributed by atoms with Crippen LogP contribution in [0.4, 0.5) is 0 Å². The van der Waals surface area contributed by atoms with E-state index < -0.39 is 5.97 Å². The second-order valence-electron chi connectivity index (χ2n) is 4.04. The number of aromatic nitrogens is 2. The van der Waals surface area contributed by atoms with Crippen LogP contribution >= 0.6 is 0 Å². The third kappa shape index (κ3) is 2.85. The minimum atomic E-state index is -1.19. The normalized spacial score (nSPS) is 11.6. The summed E-state index contributed by atoms with van der Waals surface area (Å²) in [4.78, 5) is 10.4. The molecular formula is C8H12N2O3. The quantitative estimate of drug-likeness (QED) is 0.750. The van der Waals surface area contributed by atoms with Crippen LogP contribution in [-0.4, -0.2) is 21.3 Å². The van der Waals surface area contributed by atoms with E-state index in [2.05, 4.69) is 10.2 Å². The molecule has 0 spiro atoms. The van der Waals surface area contributed by atoms with E-state index in [0.717, 1.165) is 0 Å². The average molecular weight is 184 g/mol. The number of carbonyl (C=O) groups is 1. The Morgan fingerprint density at radius 3 is 2.46 bits per heavy atom. The second-order valence-corrected chi connectivity index (χ2v) is 4.04. The van der Waals surface area contributed by atoms with Crippen LogP contribution in [0.1, 0.15) is 37.3 Å². The molecule has 0 unspecified atom stereocenters. The molecule has 0 aliphatic heterocycles. The molecule has 1 heterocycles. The van der Waals surface area contributed by atoms with E-state index in [1.54, 1.807) is 0 Å². The van der Waals surface area contributed by atoms with Crippen molar-refractivity contribution in [3.8, 4) is 0 Å². The van der Waals surface area contributed by atoms with Crippen molar-refractivity contribution in [3.05, 3.63) is 11.8 Å². The van der Waals surface area contributed by atoms with Crippen molar-refractivity contribution in [2.24, 2.45) is 5.41 Å². The largest absolute Gasteiger partial charge is 0.474 e. The minimum absolute atomic E-state index is 0.0162. The summed E-state index contributed by atoms with van der Waals surface area (Å²) >= 11 is 0. The van der Waals surface area contributed by atoms with Crippen LogP contribution in [0.25, 0.3) is 0 Å². The van der Waals surface area contributed by atoms with Crippen LogP contribution in [0.5, 0.6) is 0 Å². The summed E-state index contributed by atoms with van der Waals surface area (Å²) < 4.78 is 4.90. The van der Waals surface area contributed by atoms with Gasteiger partial charge in [-0.1, -0.05) is 20.8 Å². The fourth-order valence-corrected chi connectivity index (χ4v) is 0.865. The van der Waals surface area contributed by atoms with Crippen LogP contribution in [0.2, 0.25) is 0 Å². The Kier molecular flexibility index (Phi) is 2.36. The Morgan fingerprint density at radius 1 is 1.46 bits per heavy atom. The summed E-state index contributed by atoms with van der Waals surface area (Å²) in [5, 5.41) is 15.5. The highest BCUT2D eigenvalue weighted by molar-refractivity contribution is 5.81. The highest BCUT2D eigenvalue weighted by atomic mass is 16.4. The molecule has 1 aromatic rings. The fraction of sp³-hybridized carbons (Fsp3) is 0.625. The van der Waals surface area contributed by atoms with Gasteiger partial charge >= 0.3 is 11.9 Å². The zero-order chi connectivity index (χ0) is 10.1. The summed E-state index contributed by atoms with van der Waals surface area (Å²) in [5.74, 6) is -1.17. The third-order valence-electron chi connectivity index (χ3n) is 1.33. The molecule has 0 radical (unpaired) electrons. The molecule has 0 bridgehead atoms. The lowest BCUT2D eigenvalue weighted by Gasteiger charge is -2.13. The molecule has 0 aromatic carbocycles. The molecule has 1 rings (SSSR count). The van der Waals surface area contributed by atoms with E-state index in [1.807, 2.05) is 20.8 Å². The topological polar surface area (TPSA) is 76.2 Å². The van der Waals surface area contributed by atoms with Crippen LogP contribution in [0.15, 0.2) is 4.42 Å². The summed E-state index contributed by atoms with van der Waals surface area (Å²) in [6, 6.07) is 0. The number of carboxylic acids is 1. The lowest BCUT2D eigenvalue weighted by atomic mass is 9.92. The summed E-state index contributed by atoms with van der Waals surface area (Å²) in [6.07, 6.45) is 0.577. The average Bonchev–Trinajstić information content (AvgIpc) is 2.31. The van der Waals surface area contributed by atoms with Gasteiger partial charge in [-0.15, -0.1) is 10.2 Å². The van der Waals surface area contributed by atoms with Crippen LogP contribution in [-0.2, 0) is 6.42 Å². The molecule has 0 aliphatic rings. The van der Waals surface area contributed by atoms with Gasteiger partial charge in [0, 0.05) is 6.42 Å². The number of aromatic carboxylic acids is 1. The van der Waals surface area contributed by atoms with Crippen LogP contribution in [0.3, 0.4) is 0 Å². The van der Waals surface area contributed by atoms with Crippen molar-refractivity contribution in [2.75, 3.05) is 0 Å². The molecule has 1 N–H and O–H groups in total. The van der Waals surface area contributed by atoms with Gasteiger partial charge in [0.2, 0.25) is 5.89 Å². The second kappa shape index (κ2) is 3.16. The summed E-state index contributed by atoms with van der Waals surface area (Å²) in [7, 11) is 0. The maximum absolute atomic E-state index is 10.4. The number of rotatable bonds is 2. The van der Waals surface area contributed by atoms with Crippen LogP contribution in [0, 0.1) is 5.41 Å². The summed E-state index contributed by atoms with van der Waals surface area (Å²) in [6.45, 7) is 6.03. The van der Waals surface area contributed by atoms with Gasteiger partial charge in [0.15, 0.2) is 0 Å². The van der Waals surface area contributed by atoms with E-state index in [-0.39, 0.29) is 11.3 Å². The molecule has 1 aromatic heterocycles. The van der Waals surface area contributed by atoms with Gasteiger partial charge in [-0.2, -0.15) is 0 Å². The van der Waals surface area contributed by atoms with Crippen molar-refractivity contribution in [3.63, 3.8) is 0 Å². The highest BCUT2D eigenvalue weighted by Gasteiger charge is 2.18. The molecule has 0 fully saturated rings. The highest BCUT2D eigenvalue weighted by Crippen LogP contribution is 2.19. The monoisotopic (exact) mass is 184 g/mol. The van der Waals surface area contributed by atoms with E-state index in [1.165, 1.54) is 0 Å². The molecule has 5 nitrogen and oxygen atoms in total. The first-order valence-corrected chi connectivity index (χ1v) is 3.94. The predicted molar refractivity (Wildman–Crippen MR) is 44.4 cm³/mol. The Balaban J connectivity index is 2.75. The number of hydrogen-bond donors (Lipinski definition) is 1. The van der Waals surface area contributed by atoms with Gasteiger partial charge in [0.05, 0.1) is 0 Å². The first kappa shape index (κ1) is 9.70. The molecule has 0 saturated carbocycles. The number of hydrogen-bond acceptors (Lipinski definition) is 4. The minimum Gasteiger partial charge on any atom is -0.474 e. The molecule has 0 aliphatic carbocycles. The van der Waals surface area contributed by atoms with Gasteiger partial charge in [-0.25, -0.2) is 4.79 Å². The SMILES string of the molecule is CC(C)(C)Cc1nnc(C(=O)O)o1. The first-order chi connectivity index (χ1) is 5.88. The Bertz CT molecular complexity index is 311. The smallest absolute Gasteiger partial charge is 0.393 e.